The number of benzene rings is 1. The minimum atomic E-state index is -0.393. The number of rotatable bonds is 4. The average molecular weight is 289 g/mol. The Morgan fingerprint density at radius 1 is 1.30 bits per heavy atom. The quantitative estimate of drug-likeness (QED) is 0.878. The molecule has 0 radical (unpaired) electrons. The molecule has 0 spiro atoms. The molecule has 0 aliphatic carbocycles. The molecule has 104 valence electrons. The molecular formula is C15H15NO3S. The maximum Gasteiger partial charge on any atom is 0.290 e. The van der Waals surface area contributed by atoms with E-state index >= 15 is 0 Å². The predicted octanol–water partition coefficient (Wildman–Crippen LogP) is 2.39. The first-order chi connectivity index (χ1) is 9.74. The summed E-state index contributed by atoms with van der Waals surface area (Å²) in [5.74, 6) is 0.946. The molecule has 2 heterocycles. The zero-order valence-electron chi connectivity index (χ0n) is 10.9. The van der Waals surface area contributed by atoms with Crippen LogP contribution in [0.4, 0.5) is 0 Å². The number of aliphatic hydroxyl groups excluding tert-OH is 1. The molecule has 1 saturated heterocycles. The van der Waals surface area contributed by atoms with E-state index in [4.69, 9.17) is 4.42 Å². The van der Waals surface area contributed by atoms with Gasteiger partial charge in [-0.1, -0.05) is 18.2 Å². The van der Waals surface area contributed by atoms with E-state index in [1.807, 2.05) is 36.4 Å². The van der Waals surface area contributed by atoms with E-state index < -0.39 is 6.10 Å². The van der Waals surface area contributed by atoms with E-state index in [1.165, 1.54) is 0 Å². The number of hydrogen-bond donors (Lipinski definition) is 1. The number of carbonyl (C=O) groups is 1. The number of β-amino-alcohol motifs (C(OH)–C–C–N with tert-alkyl or cyclic N) is 1. The fourth-order valence-corrected chi connectivity index (χ4v) is 2.98. The van der Waals surface area contributed by atoms with Gasteiger partial charge in [0.05, 0.1) is 12.4 Å². The number of thioether (sulfide) groups is 1. The normalized spacial score (nSPS) is 15.2. The molecule has 0 saturated carbocycles. The molecule has 0 unspecified atom stereocenters. The summed E-state index contributed by atoms with van der Waals surface area (Å²) in [6.45, 7) is 0.787. The molecule has 1 aromatic heterocycles. The van der Waals surface area contributed by atoms with Crippen molar-refractivity contribution in [3.63, 3.8) is 0 Å². The Labute approximate surface area is 121 Å². The van der Waals surface area contributed by atoms with Crippen LogP contribution in [0.15, 0.2) is 52.0 Å². The fraction of sp³-hybridized carbons (Fsp3) is 0.267. The highest BCUT2D eigenvalue weighted by molar-refractivity contribution is 7.98. The maximum absolute atomic E-state index is 12.2. The number of nitrogens with zero attached hydrogens (tertiary/aromatic N) is 1. The Bertz CT molecular complexity index is 590. The lowest BCUT2D eigenvalue weighted by Gasteiger charge is -2.35. The SMILES string of the molecule is O=C(c1occc1CSc1ccccc1)N1CC(O)C1. The Morgan fingerprint density at radius 2 is 2.05 bits per heavy atom. The van der Waals surface area contributed by atoms with Crippen molar-refractivity contribution in [2.24, 2.45) is 0 Å². The zero-order chi connectivity index (χ0) is 13.9. The van der Waals surface area contributed by atoms with Crippen LogP contribution in [0.1, 0.15) is 16.1 Å². The molecule has 20 heavy (non-hydrogen) atoms. The van der Waals surface area contributed by atoms with Crippen LogP contribution in [0.5, 0.6) is 0 Å². The van der Waals surface area contributed by atoms with Crippen LogP contribution < -0.4 is 0 Å². The fourth-order valence-electron chi connectivity index (χ4n) is 2.08. The number of furan rings is 1. The highest BCUT2D eigenvalue weighted by atomic mass is 32.2. The minimum absolute atomic E-state index is 0.135. The van der Waals surface area contributed by atoms with E-state index in [2.05, 4.69) is 0 Å². The number of aliphatic hydroxyl groups is 1. The molecule has 1 aromatic carbocycles. The Hall–Kier alpha value is -1.72. The summed E-state index contributed by atoms with van der Waals surface area (Å²) in [6, 6.07) is 11.9. The smallest absolute Gasteiger partial charge is 0.290 e. The van der Waals surface area contributed by atoms with Gasteiger partial charge in [0.25, 0.3) is 5.91 Å². The van der Waals surface area contributed by atoms with E-state index in [0.717, 1.165) is 10.5 Å². The molecule has 1 amide bonds. The monoisotopic (exact) mass is 289 g/mol. The van der Waals surface area contributed by atoms with E-state index in [-0.39, 0.29) is 5.91 Å². The second-order valence-corrected chi connectivity index (χ2v) is 5.79. The Kier molecular flexibility index (Phi) is 3.80. The van der Waals surface area contributed by atoms with Crippen LogP contribution in [0, 0.1) is 0 Å². The van der Waals surface area contributed by atoms with E-state index in [0.29, 0.717) is 24.6 Å². The van der Waals surface area contributed by atoms with Gasteiger partial charge >= 0.3 is 0 Å². The molecule has 2 aromatic rings. The summed E-state index contributed by atoms with van der Waals surface area (Å²) < 4.78 is 5.32. The van der Waals surface area contributed by atoms with Gasteiger partial charge in [-0.05, 0) is 18.2 Å². The van der Waals surface area contributed by atoms with Crippen LogP contribution in [0.2, 0.25) is 0 Å². The topological polar surface area (TPSA) is 53.7 Å². The summed E-state index contributed by atoms with van der Waals surface area (Å²) in [6.07, 6.45) is 1.15. The molecular weight excluding hydrogens is 274 g/mol. The first-order valence-electron chi connectivity index (χ1n) is 6.45. The van der Waals surface area contributed by atoms with Crippen LogP contribution in [-0.2, 0) is 5.75 Å². The number of carbonyl (C=O) groups excluding carboxylic acids is 1. The highest BCUT2D eigenvalue weighted by Gasteiger charge is 2.32. The molecule has 1 N–H and O–H groups in total. The number of amides is 1. The van der Waals surface area contributed by atoms with Crippen molar-refractivity contribution in [2.75, 3.05) is 13.1 Å². The van der Waals surface area contributed by atoms with E-state index in [9.17, 15) is 9.90 Å². The lowest BCUT2D eigenvalue weighted by Crippen LogP contribution is -2.53. The Morgan fingerprint density at radius 3 is 2.75 bits per heavy atom. The molecule has 5 heteroatoms. The number of hydrogen-bond acceptors (Lipinski definition) is 4. The average Bonchev–Trinajstić information content (AvgIpc) is 2.90. The van der Waals surface area contributed by atoms with Crippen molar-refractivity contribution in [2.45, 2.75) is 16.8 Å². The standard InChI is InChI=1S/C15H15NO3S/c17-12-8-16(9-12)15(18)14-11(6-7-19-14)10-20-13-4-2-1-3-5-13/h1-7,12,17H,8-10H2. The van der Waals surface area contributed by atoms with Crippen LogP contribution in [0.3, 0.4) is 0 Å². The summed E-state index contributed by atoms with van der Waals surface area (Å²) in [5, 5.41) is 9.26. The van der Waals surface area contributed by atoms with Gasteiger partial charge in [0.1, 0.15) is 0 Å². The second kappa shape index (κ2) is 5.73. The van der Waals surface area contributed by atoms with Crippen molar-refractivity contribution in [1.29, 1.82) is 0 Å². The third kappa shape index (κ3) is 2.73. The van der Waals surface area contributed by atoms with Crippen molar-refractivity contribution < 1.29 is 14.3 Å². The third-order valence-electron chi connectivity index (χ3n) is 3.23. The zero-order valence-corrected chi connectivity index (χ0v) is 11.7. The maximum atomic E-state index is 12.2. The summed E-state index contributed by atoms with van der Waals surface area (Å²) in [5.41, 5.74) is 0.894. The van der Waals surface area contributed by atoms with Crippen LogP contribution in [-0.4, -0.2) is 35.1 Å². The van der Waals surface area contributed by atoms with Gasteiger partial charge in [0.2, 0.25) is 0 Å². The van der Waals surface area contributed by atoms with Gasteiger partial charge in [-0.3, -0.25) is 4.79 Å². The Balaban J connectivity index is 1.66. The molecule has 0 bridgehead atoms. The van der Waals surface area contributed by atoms with Gasteiger partial charge in [0.15, 0.2) is 5.76 Å². The van der Waals surface area contributed by atoms with Gasteiger partial charge in [-0.25, -0.2) is 0 Å². The van der Waals surface area contributed by atoms with Gasteiger partial charge < -0.3 is 14.4 Å². The van der Waals surface area contributed by atoms with Crippen LogP contribution >= 0.6 is 11.8 Å². The van der Waals surface area contributed by atoms with Crippen molar-refractivity contribution in [3.05, 3.63) is 54.0 Å². The molecule has 1 aliphatic rings. The van der Waals surface area contributed by atoms with E-state index in [1.54, 1.807) is 22.9 Å². The summed E-state index contributed by atoms with van der Waals surface area (Å²) in [4.78, 5) is 14.9. The summed E-state index contributed by atoms with van der Waals surface area (Å²) >= 11 is 1.67. The number of likely N-dealkylation sites (tertiary alicyclic amines) is 1. The molecule has 0 atom stereocenters. The minimum Gasteiger partial charge on any atom is -0.459 e. The molecule has 3 rings (SSSR count). The third-order valence-corrected chi connectivity index (χ3v) is 4.29. The summed E-state index contributed by atoms with van der Waals surface area (Å²) in [7, 11) is 0. The predicted molar refractivity (Wildman–Crippen MR) is 76.6 cm³/mol. The molecule has 1 aliphatic heterocycles. The second-order valence-electron chi connectivity index (χ2n) is 4.74. The largest absolute Gasteiger partial charge is 0.459 e. The van der Waals surface area contributed by atoms with Gasteiger partial charge in [0, 0.05) is 29.3 Å². The lowest BCUT2D eigenvalue weighted by molar-refractivity contribution is 0.00385. The first kappa shape index (κ1) is 13.3. The van der Waals surface area contributed by atoms with Crippen LogP contribution in [0.25, 0.3) is 0 Å². The highest BCUT2D eigenvalue weighted by Crippen LogP contribution is 2.26. The molecule has 4 nitrogen and oxygen atoms in total. The van der Waals surface area contributed by atoms with Crippen molar-refractivity contribution >= 4 is 17.7 Å². The van der Waals surface area contributed by atoms with Gasteiger partial charge in [-0.15, -0.1) is 11.8 Å². The lowest BCUT2D eigenvalue weighted by atomic mass is 10.1. The molecule has 1 fully saturated rings. The first-order valence-corrected chi connectivity index (χ1v) is 7.44. The van der Waals surface area contributed by atoms with Crippen molar-refractivity contribution in [1.82, 2.24) is 4.90 Å². The van der Waals surface area contributed by atoms with Crippen molar-refractivity contribution in [3.8, 4) is 0 Å². The van der Waals surface area contributed by atoms with Gasteiger partial charge in [-0.2, -0.15) is 0 Å².